The number of amides is 1. The number of para-hydroxylation sites is 2. The van der Waals surface area contributed by atoms with Gasteiger partial charge in [-0.05, 0) is 56.4 Å². The number of likely N-dealkylation sites (tertiary alicyclic amines) is 2. The second-order valence-electron chi connectivity index (χ2n) is 8.30. The van der Waals surface area contributed by atoms with Crippen LogP contribution in [0, 0.1) is 0 Å². The number of imidazole rings is 1. The number of hydrogen-bond acceptors (Lipinski definition) is 4. The molecule has 3 aromatic rings. The molecule has 1 atom stereocenters. The molecule has 156 valence electrons. The molecule has 0 saturated carbocycles. The molecule has 2 aromatic heterocycles. The highest BCUT2D eigenvalue weighted by Crippen LogP contribution is 2.32. The van der Waals surface area contributed by atoms with E-state index in [-0.39, 0.29) is 17.8 Å². The SMILES string of the molecule is O=C(c1cccnc1)N1CCC(N2CCCCC2n2c(=O)[nH]c3ccccc32)CC1. The molecular weight excluding hydrogens is 378 g/mol. The fourth-order valence-corrected chi connectivity index (χ4v) is 5.08. The Kier molecular flexibility index (Phi) is 5.12. The van der Waals surface area contributed by atoms with Crippen molar-refractivity contribution in [1.29, 1.82) is 0 Å². The van der Waals surface area contributed by atoms with E-state index in [2.05, 4.69) is 14.9 Å². The van der Waals surface area contributed by atoms with Gasteiger partial charge in [0.05, 0.1) is 22.8 Å². The smallest absolute Gasteiger partial charge is 0.327 e. The van der Waals surface area contributed by atoms with Crippen LogP contribution in [0.3, 0.4) is 0 Å². The van der Waals surface area contributed by atoms with Gasteiger partial charge in [-0.15, -0.1) is 0 Å². The molecule has 30 heavy (non-hydrogen) atoms. The van der Waals surface area contributed by atoms with Crippen molar-refractivity contribution in [3.63, 3.8) is 0 Å². The lowest BCUT2D eigenvalue weighted by Crippen LogP contribution is -2.51. The summed E-state index contributed by atoms with van der Waals surface area (Å²) in [6.07, 6.45) is 8.53. The zero-order valence-electron chi connectivity index (χ0n) is 17.0. The van der Waals surface area contributed by atoms with Gasteiger partial charge in [0.25, 0.3) is 5.91 Å². The fourth-order valence-electron chi connectivity index (χ4n) is 5.08. The van der Waals surface area contributed by atoms with Gasteiger partial charge in [0.15, 0.2) is 0 Å². The molecule has 2 aliphatic heterocycles. The van der Waals surface area contributed by atoms with Crippen LogP contribution in [0.2, 0.25) is 0 Å². The Morgan fingerprint density at radius 2 is 1.83 bits per heavy atom. The minimum Gasteiger partial charge on any atom is -0.338 e. The number of carbonyl (C=O) groups excluding carboxylic acids is 1. The summed E-state index contributed by atoms with van der Waals surface area (Å²) in [7, 11) is 0. The van der Waals surface area contributed by atoms with Crippen molar-refractivity contribution in [2.24, 2.45) is 0 Å². The molecule has 1 amide bonds. The van der Waals surface area contributed by atoms with Gasteiger partial charge < -0.3 is 9.88 Å². The first kappa shape index (κ1) is 19.1. The maximum atomic E-state index is 12.8. The second kappa shape index (κ2) is 8.07. The summed E-state index contributed by atoms with van der Waals surface area (Å²) in [4.78, 5) is 37.1. The molecule has 5 rings (SSSR count). The number of piperidine rings is 2. The molecule has 0 radical (unpaired) electrons. The van der Waals surface area contributed by atoms with Gasteiger partial charge in [-0.3, -0.25) is 19.2 Å². The number of carbonyl (C=O) groups is 1. The van der Waals surface area contributed by atoms with Crippen molar-refractivity contribution < 1.29 is 4.79 Å². The molecule has 4 heterocycles. The van der Waals surface area contributed by atoms with E-state index < -0.39 is 0 Å². The van der Waals surface area contributed by atoms with Gasteiger partial charge in [0.1, 0.15) is 0 Å². The highest BCUT2D eigenvalue weighted by Gasteiger charge is 2.34. The third-order valence-corrected chi connectivity index (χ3v) is 6.56. The Morgan fingerprint density at radius 3 is 2.63 bits per heavy atom. The topological polar surface area (TPSA) is 74.2 Å². The molecule has 1 unspecified atom stereocenters. The molecular formula is C23H27N5O2. The normalized spacial score (nSPS) is 21.2. The molecule has 2 aliphatic rings. The summed E-state index contributed by atoms with van der Waals surface area (Å²) in [5.41, 5.74) is 2.49. The van der Waals surface area contributed by atoms with E-state index in [1.807, 2.05) is 39.8 Å². The highest BCUT2D eigenvalue weighted by molar-refractivity contribution is 5.93. The predicted molar refractivity (Wildman–Crippen MR) is 115 cm³/mol. The van der Waals surface area contributed by atoms with Crippen molar-refractivity contribution in [2.75, 3.05) is 19.6 Å². The number of hydrogen-bond donors (Lipinski definition) is 1. The molecule has 7 nitrogen and oxygen atoms in total. The van der Waals surface area contributed by atoms with Crippen LogP contribution in [0.1, 0.15) is 48.6 Å². The quantitative estimate of drug-likeness (QED) is 0.727. The van der Waals surface area contributed by atoms with E-state index in [1.54, 1.807) is 18.5 Å². The van der Waals surface area contributed by atoms with Crippen molar-refractivity contribution >= 4 is 16.9 Å². The van der Waals surface area contributed by atoms with Crippen LogP contribution in [0.25, 0.3) is 11.0 Å². The second-order valence-corrected chi connectivity index (χ2v) is 8.30. The number of nitrogens with one attached hydrogen (secondary N) is 1. The van der Waals surface area contributed by atoms with Gasteiger partial charge in [-0.1, -0.05) is 12.1 Å². The van der Waals surface area contributed by atoms with Crippen LogP contribution in [0.15, 0.2) is 53.6 Å². The summed E-state index contributed by atoms with van der Waals surface area (Å²) < 4.78 is 1.95. The molecule has 2 saturated heterocycles. The number of pyridine rings is 1. The van der Waals surface area contributed by atoms with E-state index in [4.69, 9.17) is 0 Å². The van der Waals surface area contributed by atoms with E-state index >= 15 is 0 Å². The zero-order valence-corrected chi connectivity index (χ0v) is 17.0. The monoisotopic (exact) mass is 405 g/mol. The number of nitrogens with zero attached hydrogens (tertiary/aromatic N) is 4. The minimum absolute atomic E-state index is 0.0303. The van der Waals surface area contributed by atoms with E-state index in [0.29, 0.717) is 11.6 Å². The van der Waals surface area contributed by atoms with Crippen molar-refractivity contribution in [3.8, 4) is 0 Å². The van der Waals surface area contributed by atoms with Gasteiger partial charge in [-0.25, -0.2) is 4.79 Å². The lowest BCUT2D eigenvalue weighted by Gasteiger charge is -2.44. The van der Waals surface area contributed by atoms with E-state index in [0.717, 1.165) is 62.8 Å². The van der Waals surface area contributed by atoms with Gasteiger partial charge in [0, 0.05) is 38.1 Å². The molecule has 0 bridgehead atoms. The molecule has 0 spiro atoms. The minimum atomic E-state index is -0.0303. The largest absolute Gasteiger partial charge is 0.338 e. The third-order valence-electron chi connectivity index (χ3n) is 6.56. The average molecular weight is 406 g/mol. The van der Waals surface area contributed by atoms with Crippen molar-refractivity contribution in [3.05, 3.63) is 64.8 Å². The number of aromatic amines is 1. The van der Waals surface area contributed by atoms with Gasteiger partial charge in [-0.2, -0.15) is 0 Å². The summed E-state index contributed by atoms with van der Waals surface area (Å²) in [5.74, 6) is 0.0598. The first-order valence-electron chi connectivity index (χ1n) is 10.9. The summed E-state index contributed by atoms with van der Waals surface area (Å²) in [5, 5.41) is 0. The Bertz CT molecular complexity index is 1080. The molecule has 0 aliphatic carbocycles. The highest BCUT2D eigenvalue weighted by atomic mass is 16.2. The van der Waals surface area contributed by atoms with Crippen LogP contribution in [-0.4, -0.2) is 55.9 Å². The molecule has 1 aromatic carbocycles. The average Bonchev–Trinajstić information content (AvgIpc) is 3.15. The summed E-state index contributed by atoms with van der Waals surface area (Å²) >= 11 is 0. The Morgan fingerprint density at radius 1 is 1.00 bits per heavy atom. The number of aromatic nitrogens is 3. The first-order valence-corrected chi connectivity index (χ1v) is 10.9. The lowest BCUT2D eigenvalue weighted by molar-refractivity contribution is 0.0181. The summed E-state index contributed by atoms with van der Waals surface area (Å²) in [6.45, 7) is 2.48. The van der Waals surface area contributed by atoms with Crippen LogP contribution in [0.4, 0.5) is 0 Å². The summed E-state index contributed by atoms with van der Waals surface area (Å²) in [6, 6.07) is 11.9. The standard InChI is InChI=1S/C23H27N5O2/c29-22(17-6-5-12-24-16-17)26-14-10-18(11-15-26)27-13-4-3-9-21(27)28-20-8-2-1-7-19(20)25-23(28)30/h1-2,5-8,12,16,18,21H,3-4,9-11,13-15H2,(H,25,30). The Labute approximate surface area is 175 Å². The molecule has 1 N–H and O–H groups in total. The van der Waals surface area contributed by atoms with Crippen molar-refractivity contribution in [1.82, 2.24) is 24.3 Å². The van der Waals surface area contributed by atoms with Crippen LogP contribution in [0.5, 0.6) is 0 Å². The van der Waals surface area contributed by atoms with Crippen molar-refractivity contribution in [2.45, 2.75) is 44.3 Å². The maximum Gasteiger partial charge on any atom is 0.327 e. The zero-order chi connectivity index (χ0) is 20.5. The molecule has 7 heteroatoms. The maximum absolute atomic E-state index is 12.8. The van der Waals surface area contributed by atoms with E-state index in [1.165, 1.54) is 0 Å². The fraction of sp³-hybridized carbons (Fsp3) is 0.435. The van der Waals surface area contributed by atoms with E-state index in [9.17, 15) is 9.59 Å². The van der Waals surface area contributed by atoms with Crippen LogP contribution >= 0.6 is 0 Å². The predicted octanol–water partition coefficient (Wildman–Crippen LogP) is 3.01. The molecule has 2 fully saturated rings. The number of H-pyrrole nitrogens is 1. The van der Waals surface area contributed by atoms with Crippen LogP contribution in [-0.2, 0) is 0 Å². The Hall–Kier alpha value is -2.93. The van der Waals surface area contributed by atoms with Gasteiger partial charge >= 0.3 is 5.69 Å². The number of benzene rings is 1. The Balaban J connectivity index is 1.34. The van der Waals surface area contributed by atoms with Gasteiger partial charge in [0.2, 0.25) is 0 Å². The number of fused-ring (bicyclic) bond motifs is 1. The third kappa shape index (κ3) is 3.43. The lowest BCUT2D eigenvalue weighted by atomic mass is 9.97. The first-order chi connectivity index (χ1) is 14.7. The van der Waals surface area contributed by atoms with Crippen LogP contribution < -0.4 is 5.69 Å². The number of rotatable bonds is 3.